The molecule has 7 heteroatoms. The van der Waals surface area contributed by atoms with Gasteiger partial charge in [0.25, 0.3) is 5.56 Å². The maximum Gasteiger partial charge on any atom is 0.417 e. The number of fused-ring (bicyclic) bond motifs is 1. The molecule has 1 atom stereocenters. The number of carbonyl (C=O) groups excluding carboxylic acids is 1. The van der Waals surface area contributed by atoms with Crippen molar-refractivity contribution in [2.24, 2.45) is 0 Å². The molecule has 3 rings (SSSR count). The fourth-order valence-corrected chi connectivity index (χ4v) is 3.37. The van der Waals surface area contributed by atoms with Crippen LogP contribution < -0.4 is 10.9 Å². The minimum absolute atomic E-state index is 0.300. The molecular weight excluding hydrogens is 357 g/mol. The Morgan fingerprint density at radius 2 is 1.85 bits per heavy atom. The fourth-order valence-electron chi connectivity index (χ4n) is 3.37. The van der Waals surface area contributed by atoms with E-state index in [2.05, 4.69) is 17.4 Å². The largest absolute Gasteiger partial charge is 0.417 e. The number of aryl methyl sites for hydroxylation is 2. The lowest BCUT2D eigenvalue weighted by molar-refractivity contribution is -0.138. The monoisotopic (exact) mass is 378 g/mol. The minimum Gasteiger partial charge on any atom is -0.348 e. The molecule has 0 bridgehead atoms. The molecule has 1 aromatic carbocycles. The van der Waals surface area contributed by atoms with Gasteiger partial charge in [-0.25, -0.2) is 0 Å². The summed E-state index contributed by atoms with van der Waals surface area (Å²) < 4.78 is 39.1. The molecule has 1 heterocycles. The molecule has 0 saturated heterocycles. The molecular formula is C20H21F3N2O2. The average molecular weight is 378 g/mol. The van der Waals surface area contributed by atoms with Gasteiger partial charge in [0.15, 0.2) is 0 Å². The highest BCUT2D eigenvalue weighted by Gasteiger charge is 2.31. The molecule has 0 saturated carbocycles. The first-order chi connectivity index (χ1) is 12.7. The van der Waals surface area contributed by atoms with Crippen LogP contribution in [0.3, 0.4) is 0 Å². The van der Waals surface area contributed by atoms with E-state index >= 15 is 0 Å². The van der Waals surface area contributed by atoms with Crippen LogP contribution in [0.15, 0.2) is 41.3 Å². The van der Waals surface area contributed by atoms with Crippen molar-refractivity contribution in [1.29, 1.82) is 0 Å². The van der Waals surface area contributed by atoms with Crippen molar-refractivity contribution in [2.45, 2.75) is 51.4 Å². The molecule has 0 radical (unpaired) electrons. The van der Waals surface area contributed by atoms with Gasteiger partial charge in [0.1, 0.15) is 6.54 Å². The van der Waals surface area contributed by atoms with Gasteiger partial charge < -0.3 is 9.88 Å². The summed E-state index contributed by atoms with van der Waals surface area (Å²) >= 11 is 0. The van der Waals surface area contributed by atoms with E-state index in [-0.39, 0.29) is 6.04 Å². The molecule has 144 valence electrons. The zero-order chi connectivity index (χ0) is 19.6. The number of rotatable bonds is 4. The van der Waals surface area contributed by atoms with Crippen molar-refractivity contribution in [3.8, 4) is 0 Å². The molecule has 4 nitrogen and oxygen atoms in total. The molecule has 0 fully saturated rings. The smallest absolute Gasteiger partial charge is 0.348 e. The third-order valence-corrected chi connectivity index (χ3v) is 4.87. The van der Waals surface area contributed by atoms with Crippen LogP contribution in [0.1, 0.15) is 48.1 Å². The second-order valence-electron chi connectivity index (χ2n) is 6.91. The van der Waals surface area contributed by atoms with Gasteiger partial charge in [0.05, 0.1) is 11.6 Å². The van der Waals surface area contributed by atoms with Crippen LogP contribution in [0.2, 0.25) is 0 Å². The van der Waals surface area contributed by atoms with Crippen LogP contribution in [0, 0.1) is 0 Å². The molecule has 0 unspecified atom stereocenters. The van der Waals surface area contributed by atoms with Crippen molar-refractivity contribution in [1.82, 2.24) is 9.88 Å². The number of aromatic nitrogens is 1. The quantitative estimate of drug-likeness (QED) is 0.884. The maximum absolute atomic E-state index is 12.8. The van der Waals surface area contributed by atoms with E-state index in [1.54, 1.807) is 0 Å². The number of amides is 1. The van der Waals surface area contributed by atoms with Crippen molar-refractivity contribution in [3.63, 3.8) is 0 Å². The third-order valence-electron chi connectivity index (χ3n) is 4.87. The number of benzene rings is 1. The second kappa shape index (κ2) is 7.58. The molecule has 1 aromatic heterocycles. The lowest BCUT2D eigenvalue weighted by Gasteiger charge is -2.20. The SMILES string of the molecule is C[C@@H](NC(=O)Cn1cc(C(F)(F)F)ccc1=O)c1ccc2c(c1)CCCC2. The number of alkyl halides is 3. The van der Waals surface area contributed by atoms with Gasteiger partial charge in [0.2, 0.25) is 5.91 Å². The van der Waals surface area contributed by atoms with Crippen molar-refractivity contribution >= 4 is 5.91 Å². The van der Waals surface area contributed by atoms with Crippen LogP contribution in [0.5, 0.6) is 0 Å². The van der Waals surface area contributed by atoms with Crippen LogP contribution in [0.25, 0.3) is 0 Å². The van der Waals surface area contributed by atoms with Crippen LogP contribution in [-0.4, -0.2) is 10.5 Å². The standard InChI is InChI=1S/C20H21F3N2O2/c1-13(15-7-6-14-4-2-3-5-16(14)10-15)24-18(26)12-25-11-17(20(21,22)23)8-9-19(25)27/h6-11,13H,2-5,12H2,1H3,(H,24,26)/t13-/m1/s1. The van der Waals surface area contributed by atoms with Gasteiger partial charge >= 0.3 is 6.18 Å². The highest BCUT2D eigenvalue weighted by Crippen LogP contribution is 2.28. The average Bonchev–Trinajstić information content (AvgIpc) is 2.62. The van der Waals surface area contributed by atoms with E-state index in [0.29, 0.717) is 12.3 Å². The lowest BCUT2D eigenvalue weighted by atomic mass is 9.89. The van der Waals surface area contributed by atoms with E-state index in [9.17, 15) is 22.8 Å². The lowest BCUT2D eigenvalue weighted by Crippen LogP contribution is -2.34. The first-order valence-corrected chi connectivity index (χ1v) is 8.93. The van der Waals surface area contributed by atoms with E-state index < -0.39 is 29.8 Å². The fraction of sp³-hybridized carbons (Fsp3) is 0.400. The number of nitrogens with zero attached hydrogens (tertiary/aromatic N) is 1. The van der Waals surface area contributed by atoms with Crippen molar-refractivity contribution < 1.29 is 18.0 Å². The molecule has 2 aromatic rings. The highest BCUT2D eigenvalue weighted by molar-refractivity contribution is 5.76. The number of nitrogens with one attached hydrogen (secondary N) is 1. The van der Waals surface area contributed by atoms with Crippen LogP contribution in [0.4, 0.5) is 13.2 Å². The zero-order valence-electron chi connectivity index (χ0n) is 15.0. The maximum atomic E-state index is 12.8. The molecule has 0 spiro atoms. The Kier molecular flexibility index (Phi) is 5.39. The van der Waals surface area contributed by atoms with E-state index in [1.165, 1.54) is 17.5 Å². The zero-order valence-corrected chi connectivity index (χ0v) is 15.0. The summed E-state index contributed by atoms with van der Waals surface area (Å²) in [5, 5.41) is 2.76. The Morgan fingerprint density at radius 3 is 2.56 bits per heavy atom. The first kappa shape index (κ1) is 19.2. The molecule has 1 aliphatic carbocycles. The topological polar surface area (TPSA) is 51.1 Å². The molecule has 1 amide bonds. The van der Waals surface area contributed by atoms with E-state index in [0.717, 1.165) is 35.5 Å². The van der Waals surface area contributed by atoms with Gasteiger partial charge in [-0.3, -0.25) is 9.59 Å². The summed E-state index contributed by atoms with van der Waals surface area (Å²) in [6.45, 7) is 1.36. The second-order valence-corrected chi connectivity index (χ2v) is 6.91. The number of hydrogen-bond acceptors (Lipinski definition) is 2. The van der Waals surface area contributed by atoms with E-state index in [1.807, 2.05) is 13.0 Å². The normalized spacial score (nSPS) is 15.1. The summed E-state index contributed by atoms with van der Waals surface area (Å²) in [5.74, 6) is -0.512. The van der Waals surface area contributed by atoms with Gasteiger partial charge in [-0.15, -0.1) is 0 Å². The van der Waals surface area contributed by atoms with Gasteiger partial charge in [-0.05, 0) is 55.4 Å². The van der Waals surface area contributed by atoms with Gasteiger partial charge in [-0.2, -0.15) is 13.2 Å². The highest BCUT2D eigenvalue weighted by atomic mass is 19.4. The summed E-state index contributed by atoms with van der Waals surface area (Å²) in [7, 11) is 0. The molecule has 1 aliphatic rings. The Bertz CT molecular complexity index is 903. The predicted octanol–water partition coefficient (Wildman–Crippen LogP) is 3.62. The summed E-state index contributed by atoms with van der Waals surface area (Å²) in [4.78, 5) is 24.0. The first-order valence-electron chi connectivity index (χ1n) is 8.93. The third kappa shape index (κ3) is 4.59. The predicted molar refractivity (Wildman–Crippen MR) is 95.3 cm³/mol. The molecule has 0 aliphatic heterocycles. The Labute approximate surface area is 155 Å². The Morgan fingerprint density at radius 1 is 1.15 bits per heavy atom. The van der Waals surface area contributed by atoms with Crippen LogP contribution in [-0.2, 0) is 30.4 Å². The molecule has 27 heavy (non-hydrogen) atoms. The van der Waals surface area contributed by atoms with Crippen molar-refractivity contribution in [3.05, 3.63) is 69.1 Å². The minimum atomic E-state index is -4.57. The Balaban J connectivity index is 1.70. The number of halogens is 3. The number of carbonyl (C=O) groups is 1. The summed E-state index contributed by atoms with van der Waals surface area (Å²) in [6.07, 6.45) is 0.520. The van der Waals surface area contributed by atoms with Crippen LogP contribution >= 0.6 is 0 Å². The van der Waals surface area contributed by atoms with Crippen molar-refractivity contribution in [2.75, 3.05) is 0 Å². The van der Waals surface area contributed by atoms with Gasteiger partial charge in [0, 0.05) is 12.3 Å². The number of pyridine rings is 1. The number of hydrogen-bond donors (Lipinski definition) is 1. The Hall–Kier alpha value is -2.57. The summed E-state index contributed by atoms with van der Waals surface area (Å²) in [6, 6.07) is 7.35. The van der Waals surface area contributed by atoms with E-state index in [4.69, 9.17) is 0 Å². The summed E-state index contributed by atoms with van der Waals surface area (Å²) in [5.41, 5.74) is 1.95. The van der Waals surface area contributed by atoms with Gasteiger partial charge in [-0.1, -0.05) is 18.2 Å². The molecule has 1 N–H and O–H groups in total.